The van der Waals surface area contributed by atoms with Gasteiger partial charge in [-0.1, -0.05) is 6.07 Å². The summed E-state index contributed by atoms with van der Waals surface area (Å²) in [6.07, 6.45) is 0. The molecule has 20 heavy (non-hydrogen) atoms. The summed E-state index contributed by atoms with van der Waals surface area (Å²) in [7, 11) is 2.92. The maximum Gasteiger partial charge on any atom is 0.328 e. The Morgan fingerprint density at radius 1 is 1.10 bits per heavy atom. The van der Waals surface area contributed by atoms with E-state index in [0.29, 0.717) is 5.56 Å². The monoisotopic (exact) mass is 279 g/mol. The van der Waals surface area contributed by atoms with Gasteiger partial charge in [0.15, 0.2) is 0 Å². The van der Waals surface area contributed by atoms with E-state index in [0.717, 1.165) is 0 Å². The molecule has 0 amide bonds. The molecule has 0 saturated heterocycles. The van der Waals surface area contributed by atoms with Gasteiger partial charge in [0.05, 0.1) is 20.3 Å². The summed E-state index contributed by atoms with van der Waals surface area (Å²) < 4.78 is 29.0. The highest BCUT2D eigenvalue weighted by Gasteiger charge is 2.09. The number of benzene rings is 1. The Balaban J connectivity index is 2.27. The second kappa shape index (κ2) is 6.16. The van der Waals surface area contributed by atoms with Gasteiger partial charge >= 0.3 is 6.01 Å². The molecular weight excluding hydrogens is 265 g/mol. The van der Waals surface area contributed by atoms with Crippen LogP contribution in [0.3, 0.4) is 0 Å². The predicted molar refractivity (Wildman–Crippen MR) is 69.5 cm³/mol. The van der Waals surface area contributed by atoms with Crippen molar-refractivity contribution in [2.24, 2.45) is 5.73 Å². The van der Waals surface area contributed by atoms with Crippen LogP contribution >= 0.6 is 0 Å². The quantitative estimate of drug-likeness (QED) is 0.900. The van der Waals surface area contributed by atoms with Crippen LogP contribution in [0, 0.1) is 5.82 Å². The molecule has 1 heterocycles. The SMILES string of the molecule is COc1cc(OC)nc(Oc2ccc(CN)c(F)c2)n1. The average Bonchev–Trinajstić information content (AvgIpc) is 2.47. The van der Waals surface area contributed by atoms with Crippen molar-refractivity contribution in [3.63, 3.8) is 0 Å². The Morgan fingerprint density at radius 2 is 1.75 bits per heavy atom. The van der Waals surface area contributed by atoms with Crippen molar-refractivity contribution >= 4 is 0 Å². The first kappa shape index (κ1) is 14.0. The summed E-state index contributed by atoms with van der Waals surface area (Å²) in [5, 5.41) is 0. The molecule has 0 aliphatic carbocycles. The van der Waals surface area contributed by atoms with E-state index in [2.05, 4.69) is 9.97 Å². The molecule has 0 radical (unpaired) electrons. The minimum Gasteiger partial charge on any atom is -0.481 e. The molecule has 6 nitrogen and oxygen atoms in total. The lowest BCUT2D eigenvalue weighted by Gasteiger charge is -2.08. The van der Waals surface area contributed by atoms with E-state index >= 15 is 0 Å². The third-order valence-electron chi connectivity index (χ3n) is 2.53. The number of rotatable bonds is 5. The van der Waals surface area contributed by atoms with E-state index in [9.17, 15) is 4.39 Å². The van der Waals surface area contributed by atoms with E-state index in [1.807, 2.05) is 0 Å². The lowest BCUT2D eigenvalue weighted by atomic mass is 10.2. The molecule has 7 heteroatoms. The van der Waals surface area contributed by atoms with Gasteiger partial charge in [-0.15, -0.1) is 0 Å². The van der Waals surface area contributed by atoms with Gasteiger partial charge in [-0.3, -0.25) is 0 Å². The van der Waals surface area contributed by atoms with Crippen molar-refractivity contribution < 1.29 is 18.6 Å². The van der Waals surface area contributed by atoms with E-state index < -0.39 is 5.82 Å². The van der Waals surface area contributed by atoms with Gasteiger partial charge in [0, 0.05) is 18.2 Å². The van der Waals surface area contributed by atoms with Gasteiger partial charge in [-0.25, -0.2) is 4.39 Å². The Labute approximate surface area is 115 Å². The number of ether oxygens (including phenoxy) is 3. The third kappa shape index (κ3) is 3.12. The summed E-state index contributed by atoms with van der Waals surface area (Å²) in [6, 6.07) is 5.85. The molecule has 2 rings (SSSR count). The Morgan fingerprint density at radius 3 is 2.25 bits per heavy atom. The first-order valence-corrected chi connectivity index (χ1v) is 5.79. The summed E-state index contributed by atoms with van der Waals surface area (Å²) in [5.74, 6) is 0.381. The number of nitrogens with zero attached hydrogens (tertiary/aromatic N) is 2. The smallest absolute Gasteiger partial charge is 0.328 e. The fourth-order valence-electron chi connectivity index (χ4n) is 1.50. The maximum atomic E-state index is 13.6. The van der Waals surface area contributed by atoms with Gasteiger partial charge < -0.3 is 19.9 Å². The highest BCUT2D eigenvalue weighted by Crippen LogP contribution is 2.24. The van der Waals surface area contributed by atoms with E-state index in [1.54, 1.807) is 12.1 Å². The number of aromatic nitrogens is 2. The topological polar surface area (TPSA) is 79.5 Å². The molecule has 0 spiro atoms. The highest BCUT2D eigenvalue weighted by atomic mass is 19.1. The number of halogens is 1. The molecule has 106 valence electrons. The van der Waals surface area contributed by atoms with E-state index in [1.165, 1.54) is 26.4 Å². The summed E-state index contributed by atoms with van der Waals surface area (Å²) in [6.45, 7) is 0.121. The lowest BCUT2D eigenvalue weighted by molar-refractivity contribution is 0.347. The van der Waals surface area contributed by atoms with Crippen LogP contribution in [-0.2, 0) is 6.54 Å². The number of hydrogen-bond acceptors (Lipinski definition) is 6. The Hall–Kier alpha value is -2.41. The zero-order valence-corrected chi connectivity index (χ0v) is 11.1. The molecule has 0 saturated carbocycles. The van der Waals surface area contributed by atoms with Gasteiger partial charge in [-0.05, 0) is 6.07 Å². The molecule has 1 aromatic heterocycles. The van der Waals surface area contributed by atoms with Crippen LogP contribution in [0.2, 0.25) is 0 Å². The van der Waals surface area contributed by atoms with Crippen LogP contribution < -0.4 is 19.9 Å². The average molecular weight is 279 g/mol. The van der Waals surface area contributed by atoms with Crippen LogP contribution in [0.5, 0.6) is 23.5 Å². The minimum absolute atomic E-state index is 0.00102. The number of methoxy groups -OCH3 is 2. The largest absolute Gasteiger partial charge is 0.481 e. The van der Waals surface area contributed by atoms with Gasteiger partial charge in [-0.2, -0.15) is 9.97 Å². The van der Waals surface area contributed by atoms with E-state index in [-0.39, 0.29) is 30.1 Å². The van der Waals surface area contributed by atoms with Crippen LogP contribution in [-0.4, -0.2) is 24.2 Å². The molecule has 0 aliphatic rings. The van der Waals surface area contributed by atoms with Gasteiger partial charge in [0.1, 0.15) is 11.6 Å². The zero-order valence-electron chi connectivity index (χ0n) is 11.1. The van der Waals surface area contributed by atoms with Crippen molar-refractivity contribution in [2.45, 2.75) is 6.54 Å². The molecule has 2 N–H and O–H groups in total. The van der Waals surface area contributed by atoms with Crippen molar-refractivity contribution in [2.75, 3.05) is 14.2 Å². The van der Waals surface area contributed by atoms with Gasteiger partial charge in [0.2, 0.25) is 11.8 Å². The molecule has 0 bridgehead atoms. The Kier molecular flexibility index (Phi) is 4.31. The van der Waals surface area contributed by atoms with Crippen molar-refractivity contribution in [3.05, 3.63) is 35.6 Å². The standard InChI is InChI=1S/C13H14FN3O3/c1-18-11-6-12(19-2)17-13(16-11)20-9-4-3-8(7-15)10(14)5-9/h3-6H,7,15H2,1-2H3. The van der Waals surface area contributed by atoms with Crippen LogP contribution in [0.4, 0.5) is 4.39 Å². The van der Waals surface area contributed by atoms with Crippen molar-refractivity contribution in [3.8, 4) is 23.5 Å². The molecule has 1 aromatic carbocycles. The normalized spacial score (nSPS) is 10.2. The van der Waals surface area contributed by atoms with Crippen LogP contribution in [0.15, 0.2) is 24.3 Å². The Bertz CT molecular complexity index is 585. The molecule has 0 atom stereocenters. The highest BCUT2D eigenvalue weighted by molar-refractivity contribution is 5.32. The second-order valence-electron chi connectivity index (χ2n) is 3.79. The molecule has 0 unspecified atom stereocenters. The summed E-state index contributed by atoms with van der Waals surface area (Å²) in [5.41, 5.74) is 5.79. The van der Waals surface area contributed by atoms with Crippen molar-refractivity contribution in [1.82, 2.24) is 9.97 Å². The van der Waals surface area contributed by atoms with Crippen molar-refractivity contribution in [1.29, 1.82) is 0 Å². The molecule has 2 aromatic rings. The predicted octanol–water partition coefficient (Wildman–Crippen LogP) is 1.88. The number of hydrogen-bond donors (Lipinski definition) is 1. The fraction of sp³-hybridized carbons (Fsp3) is 0.231. The molecule has 0 aliphatic heterocycles. The number of nitrogens with two attached hydrogens (primary N) is 1. The summed E-state index contributed by atoms with van der Waals surface area (Å²) in [4.78, 5) is 7.97. The van der Waals surface area contributed by atoms with Gasteiger partial charge in [0.25, 0.3) is 0 Å². The molecular formula is C13H14FN3O3. The first-order chi connectivity index (χ1) is 9.66. The molecule has 0 fully saturated rings. The van der Waals surface area contributed by atoms with E-state index in [4.69, 9.17) is 19.9 Å². The first-order valence-electron chi connectivity index (χ1n) is 5.79. The second-order valence-corrected chi connectivity index (χ2v) is 3.79. The minimum atomic E-state index is -0.445. The van der Waals surface area contributed by atoms with Crippen LogP contribution in [0.1, 0.15) is 5.56 Å². The fourth-order valence-corrected chi connectivity index (χ4v) is 1.50. The summed E-state index contributed by atoms with van der Waals surface area (Å²) >= 11 is 0. The zero-order chi connectivity index (χ0) is 14.5. The van der Waals surface area contributed by atoms with Crippen LogP contribution in [0.25, 0.3) is 0 Å². The third-order valence-corrected chi connectivity index (χ3v) is 2.53. The lowest BCUT2D eigenvalue weighted by Crippen LogP contribution is -2.01. The maximum absolute atomic E-state index is 13.6.